The topological polar surface area (TPSA) is 78.2 Å². The van der Waals surface area contributed by atoms with Crippen LogP contribution in [0.4, 0.5) is 0 Å². The van der Waals surface area contributed by atoms with Gasteiger partial charge < -0.3 is 8.83 Å². The maximum absolute atomic E-state index is 13.7. The van der Waals surface area contributed by atoms with Gasteiger partial charge in [0.05, 0.1) is 22.9 Å². The smallest absolute Gasteiger partial charge is 0.269 e. The van der Waals surface area contributed by atoms with Crippen molar-refractivity contribution in [2.75, 3.05) is 0 Å². The summed E-state index contributed by atoms with van der Waals surface area (Å²) in [6.45, 7) is 0. The van der Waals surface area contributed by atoms with Crippen LogP contribution in [-0.2, 0) is 10.0 Å². The first kappa shape index (κ1) is 18.7. The second kappa shape index (κ2) is 6.96. The third-order valence-corrected chi connectivity index (χ3v) is 7.15. The highest BCUT2D eigenvalue weighted by Gasteiger charge is 2.25. The molecule has 0 N–H and O–H groups in total. The highest BCUT2D eigenvalue weighted by Crippen LogP contribution is 2.35. The van der Waals surface area contributed by atoms with E-state index in [1.807, 2.05) is 36.4 Å². The van der Waals surface area contributed by atoms with Crippen molar-refractivity contribution in [2.45, 2.75) is 4.90 Å². The number of aromatic nitrogens is 2. The lowest BCUT2D eigenvalue weighted by atomic mass is 10.1. The van der Waals surface area contributed by atoms with Crippen LogP contribution in [0.1, 0.15) is 0 Å². The number of rotatable bonds is 4. The molecule has 0 unspecified atom stereocenters. The van der Waals surface area contributed by atoms with Gasteiger partial charge in [0.25, 0.3) is 10.0 Å². The zero-order chi connectivity index (χ0) is 21.7. The van der Waals surface area contributed by atoms with Crippen molar-refractivity contribution in [1.29, 1.82) is 0 Å². The molecule has 6 nitrogen and oxygen atoms in total. The highest BCUT2D eigenvalue weighted by atomic mass is 32.2. The van der Waals surface area contributed by atoms with Crippen LogP contribution in [0.2, 0.25) is 0 Å². The number of furan rings is 2. The van der Waals surface area contributed by atoms with Crippen LogP contribution in [0.15, 0.2) is 111 Å². The second-order valence-electron chi connectivity index (χ2n) is 7.34. The van der Waals surface area contributed by atoms with Crippen molar-refractivity contribution in [1.82, 2.24) is 8.96 Å². The summed E-state index contributed by atoms with van der Waals surface area (Å²) >= 11 is 0. The molecule has 0 aliphatic rings. The average Bonchev–Trinajstić information content (AvgIpc) is 3.59. The van der Waals surface area contributed by atoms with E-state index in [1.54, 1.807) is 61.1 Å². The monoisotopic (exact) mass is 440 g/mol. The number of pyridine rings is 1. The molecule has 0 spiro atoms. The lowest BCUT2D eigenvalue weighted by Gasteiger charge is -2.09. The SMILES string of the molecule is O=S(=O)(c1ccccc1)n1c2ccc(-c3ccco3)cc2c2ccc(-c3ccco3)nc21. The molecule has 0 atom stereocenters. The molecule has 0 aliphatic carbocycles. The van der Waals surface area contributed by atoms with E-state index in [2.05, 4.69) is 0 Å². The molecule has 4 heterocycles. The Morgan fingerprint density at radius 3 is 2.19 bits per heavy atom. The van der Waals surface area contributed by atoms with Crippen molar-refractivity contribution in [2.24, 2.45) is 0 Å². The van der Waals surface area contributed by atoms with Crippen molar-refractivity contribution < 1.29 is 17.3 Å². The quantitative estimate of drug-likeness (QED) is 0.339. The summed E-state index contributed by atoms with van der Waals surface area (Å²) in [5.41, 5.74) is 2.30. The van der Waals surface area contributed by atoms with Crippen molar-refractivity contribution in [3.05, 3.63) is 97.5 Å². The number of nitrogens with zero attached hydrogens (tertiary/aromatic N) is 2. The normalized spacial score (nSPS) is 12.0. The van der Waals surface area contributed by atoms with E-state index in [0.29, 0.717) is 28.4 Å². The van der Waals surface area contributed by atoms with Gasteiger partial charge >= 0.3 is 0 Å². The van der Waals surface area contributed by atoms with Crippen LogP contribution in [0, 0.1) is 0 Å². The van der Waals surface area contributed by atoms with Crippen LogP contribution in [0.3, 0.4) is 0 Å². The third kappa shape index (κ3) is 2.79. The standard InChI is InChI=1S/C25H16N2O4S/c28-32(29,18-6-2-1-3-7-18)27-22-13-10-17(23-8-4-14-30-23)16-20(22)19-11-12-21(26-25(19)27)24-9-5-15-31-24/h1-16H. The fourth-order valence-corrected chi connectivity index (χ4v) is 5.45. The summed E-state index contributed by atoms with van der Waals surface area (Å²) < 4.78 is 39.8. The highest BCUT2D eigenvalue weighted by molar-refractivity contribution is 7.90. The van der Waals surface area contributed by atoms with Crippen LogP contribution >= 0.6 is 0 Å². The summed E-state index contributed by atoms with van der Waals surface area (Å²) in [6, 6.07) is 24.9. The summed E-state index contributed by atoms with van der Waals surface area (Å²) in [7, 11) is -3.90. The van der Waals surface area contributed by atoms with Crippen LogP contribution in [0.5, 0.6) is 0 Å². The molecular weight excluding hydrogens is 424 g/mol. The molecule has 6 rings (SSSR count). The van der Waals surface area contributed by atoms with E-state index in [0.717, 1.165) is 16.3 Å². The zero-order valence-electron chi connectivity index (χ0n) is 16.7. The molecule has 0 saturated heterocycles. The molecule has 4 aromatic heterocycles. The Morgan fingerprint density at radius 1 is 0.719 bits per heavy atom. The molecule has 0 bridgehead atoms. The van der Waals surface area contributed by atoms with Gasteiger partial charge in [0.2, 0.25) is 0 Å². The van der Waals surface area contributed by atoms with E-state index in [4.69, 9.17) is 13.8 Å². The van der Waals surface area contributed by atoms with Gasteiger partial charge in [-0.25, -0.2) is 17.4 Å². The average molecular weight is 440 g/mol. The lowest BCUT2D eigenvalue weighted by Crippen LogP contribution is -2.13. The first-order valence-corrected chi connectivity index (χ1v) is 11.4. The Morgan fingerprint density at radius 2 is 1.47 bits per heavy atom. The fourth-order valence-electron chi connectivity index (χ4n) is 3.96. The Kier molecular flexibility index (Phi) is 4.06. The Hall–Kier alpha value is -4.10. The van der Waals surface area contributed by atoms with E-state index >= 15 is 0 Å². The third-order valence-electron chi connectivity index (χ3n) is 5.43. The fraction of sp³-hybridized carbons (Fsp3) is 0. The Balaban J connectivity index is 1.70. The minimum Gasteiger partial charge on any atom is -0.464 e. The van der Waals surface area contributed by atoms with Crippen LogP contribution < -0.4 is 0 Å². The zero-order valence-corrected chi connectivity index (χ0v) is 17.5. The molecular formula is C25H16N2O4S. The second-order valence-corrected chi connectivity index (χ2v) is 9.12. The summed E-state index contributed by atoms with van der Waals surface area (Å²) in [4.78, 5) is 4.90. The van der Waals surface area contributed by atoms with Crippen molar-refractivity contribution >= 4 is 32.0 Å². The maximum Gasteiger partial charge on any atom is 0.269 e. The maximum atomic E-state index is 13.7. The van der Waals surface area contributed by atoms with Gasteiger partial charge in [-0.05, 0) is 66.7 Å². The molecule has 2 aromatic carbocycles. The van der Waals surface area contributed by atoms with Crippen molar-refractivity contribution in [3.8, 4) is 22.8 Å². The van der Waals surface area contributed by atoms with E-state index < -0.39 is 10.0 Å². The first-order valence-electron chi connectivity index (χ1n) is 9.96. The molecule has 0 saturated carbocycles. The van der Waals surface area contributed by atoms with E-state index in [1.165, 1.54) is 3.97 Å². The van der Waals surface area contributed by atoms with Gasteiger partial charge in [0, 0.05) is 16.3 Å². The van der Waals surface area contributed by atoms with Gasteiger partial charge in [0.1, 0.15) is 11.5 Å². The molecule has 0 radical (unpaired) electrons. The van der Waals surface area contributed by atoms with Crippen LogP contribution in [-0.4, -0.2) is 17.4 Å². The molecule has 7 heteroatoms. The van der Waals surface area contributed by atoms with Gasteiger partial charge in [-0.1, -0.05) is 18.2 Å². The number of benzene rings is 2. The summed E-state index contributed by atoms with van der Waals surface area (Å²) in [6.07, 6.45) is 3.17. The molecule has 32 heavy (non-hydrogen) atoms. The van der Waals surface area contributed by atoms with Gasteiger partial charge in [-0.2, -0.15) is 0 Å². The largest absolute Gasteiger partial charge is 0.464 e. The Labute approximate surface area is 183 Å². The Bertz CT molecular complexity index is 1670. The summed E-state index contributed by atoms with van der Waals surface area (Å²) in [5, 5.41) is 1.50. The predicted molar refractivity (Wildman–Crippen MR) is 122 cm³/mol. The number of hydrogen-bond donors (Lipinski definition) is 0. The predicted octanol–water partition coefficient (Wildman–Crippen LogP) is 5.95. The molecule has 0 aliphatic heterocycles. The van der Waals surface area contributed by atoms with Crippen molar-refractivity contribution in [3.63, 3.8) is 0 Å². The first-order chi connectivity index (χ1) is 15.6. The summed E-state index contributed by atoms with van der Waals surface area (Å²) in [5.74, 6) is 1.27. The van der Waals surface area contributed by atoms with Gasteiger partial charge in [0.15, 0.2) is 11.4 Å². The van der Waals surface area contributed by atoms with Crippen LogP contribution in [0.25, 0.3) is 44.7 Å². The van der Waals surface area contributed by atoms with E-state index in [-0.39, 0.29) is 4.90 Å². The molecule has 0 fully saturated rings. The molecule has 0 amide bonds. The molecule has 6 aromatic rings. The minimum absolute atomic E-state index is 0.194. The number of fused-ring (bicyclic) bond motifs is 3. The number of hydrogen-bond acceptors (Lipinski definition) is 5. The molecule has 156 valence electrons. The van der Waals surface area contributed by atoms with E-state index in [9.17, 15) is 8.42 Å². The van der Waals surface area contributed by atoms with Gasteiger partial charge in [-0.3, -0.25) is 0 Å². The lowest BCUT2D eigenvalue weighted by molar-refractivity contribution is 0.580. The minimum atomic E-state index is -3.90. The van der Waals surface area contributed by atoms with Gasteiger partial charge in [-0.15, -0.1) is 0 Å².